The van der Waals surface area contributed by atoms with E-state index in [1.165, 1.54) is 0 Å². The molecule has 4 rings (SSSR count). The molecular weight excluding hydrogens is 424 g/mol. The van der Waals surface area contributed by atoms with Crippen molar-refractivity contribution in [3.63, 3.8) is 0 Å². The molecule has 0 spiro atoms. The molecule has 0 radical (unpaired) electrons. The van der Waals surface area contributed by atoms with Gasteiger partial charge in [-0.2, -0.15) is 0 Å². The third kappa shape index (κ3) is 7.24. The van der Waals surface area contributed by atoms with Gasteiger partial charge in [-0.25, -0.2) is 0 Å². The van der Waals surface area contributed by atoms with Crippen LogP contribution in [0.4, 0.5) is 0 Å². The largest absolute Gasteiger partial charge is 0.489 e. The number of hydrogen-bond acceptors (Lipinski definition) is 4. The SMILES string of the molecule is O=C(CCc1ccc(OCc2ccccc2)cc1OCc1ccccc1)OCc1ccccc1. The van der Waals surface area contributed by atoms with Gasteiger partial charge >= 0.3 is 5.97 Å². The van der Waals surface area contributed by atoms with Gasteiger partial charge < -0.3 is 14.2 Å². The summed E-state index contributed by atoms with van der Waals surface area (Å²) in [5.41, 5.74) is 4.09. The Kier molecular flexibility index (Phi) is 8.34. The molecule has 4 aromatic rings. The Labute approximate surface area is 200 Å². The number of carbonyl (C=O) groups excluding carboxylic acids is 1. The van der Waals surface area contributed by atoms with E-state index in [-0.39, 0.29) is 19.0 Å². The van der Waals surface area contributed by atoms with Gasteiger partial charge in [-0.15, -0.1) is 0 Å². The van der Waals surface area contributed by atoms with E-state index in [0.717, 1.165) is 28.0 Å². The van der Waals surface area contributed by atoms with Crippen LogP contribution in [0.3, 0.4) is 0 Å². The lowest BCUT2D eigenvalue weighted by atomic mass is 10.1. The summed E-state index contributed by atoms with van der Waals surface area (Å²) in [7, 11) is 0. The number of rotatable bonds is 11. The van der Waals surface area contributed by atoms with Crippen LogP contribution in [0.25, 0.3) is 0 Å². The normalized spacial score (nSPS) is 10.5. The molecule has 34 heavy (non-hydrogen) atoms. The summed E-state index contributed by atoms with van der Waals surface area (Å²) < 4.78 is 17.6. The van der Waals surface area contributed by atoms with Gasteiger partial charge in [-0.3, -0.25) is 4.79 Å². The third-order valence-electron chi connectivity index (χ3n) is 5.37. The van der Waals surface area contributed by atoms with Crippen LogP contribution >= 0.6 is 0 Å². The second-order valence-electron chi connectivity index (χ2n) is 7.96. The maximum Gasteiger partial charge on any atom is 0.306 e. The Balaban J connectivity index is 1.39. The van der Waals surface area contributed by atoms with Crippen molar-refractivity contribution in [3.8, 4) is 11.5 Å². The molecule has 0 heterocycles. The van der Waals surface area contributed by atoms with E-state index in [4.69, 9.17) is 14.2 Å². The highest BCUT2D eigenvalue weighted by atomic mass is 16.5. The lowest BCUT2D eigenvalue weighted by molar-refractivity contribution is -0.144. The standard InChI is InChI=1S/C30H28O4/c31-30(34-23-26-14-8-3-9-15-26)19-17-27-16-18-28(32-21-24-10-4-1-5-11-24)20-29(27)33-22-25-12-6-2-7-13-25/h1-16,18,20H,17,19,21-23H2. The molecule has 0 saturated carbocycles. The van der Waals surface area contributed by atoms with Crippen molar-refractivity contribution >= 4 is 5.97 Å². The number of esters is 1. The number of hydrogen-bond donors (Lipinski definition) is 0. The maximum absolute atomic E-state index is 12.3. The third-order valence-corrected chi connectivity index (χ3v) is 5.37. The van der Waals surface area contributed by atoms with Gasteiger partial charge in [-0.1, -0.05) is 97.1 Å². The number of benzene rings is 4. The van der Waals surface area contributed by atoms with Gasteiger partial charge in [0.05, 0.1) is 0 Å². The molecule has 0 N–H and O–H groups in total. The summed E-state index contributed by atoms with van der Waals surface area (Å²) in [5, 5.41) is 0. The predicted molar refractivity (Wildman–Crippen MR) is 133 cm³/mol. The molecule has 0 aromatic heterocycles. The Hall–Kier alpha value is -4.05. The van der Waals surface area contributed by atoms with Crippen molar-refractivity contribution in [2.75, 3.05) is 0 Å². The summed E-state index contributed by atoms with van der Waals surface area (Å²) in [6.45, 7) is 1.20. The van der Waals surface area contributed by atoms with Gasteiger partial charge in [0.1, 0.15) is 31.3 Å². The first-order valence-electron chi connectivity index (χ1n) is 11.4. The first kappa shape index (κ1) is 23.1. The Morgan fingerprint density at radius 1 is 0.588 bits per heavy atom. The molecular formula is C30H28O4. The van der Waals surface area contributed by atoms with Gasteiger partial charge in [0.25, 0.3) is 0 Å². The average Bonchev–Trinajstić information content (AvgIpc) is 2.90. The summed E-state index contributed by atoms with van der Waals surface area (Å²) >= 11 is 0. The topological polar surface area (TPSA) is 44.8 Å². The molecule has 4 heteroatoms. The van der Waals surface area contributed by atoms with Crippen molar-refractivity contribution in [3.05, 3.63) is 131 Å². The van der Waals surface area contributed by atoms with Crippen LogP contribution in [0.15, 0.2) is 109 Å². The predicted octanol–water partition coefficient (Wildman–Crippen LogP) is 6.52. The minimum atomic E-state index is -0.234. The van der Waals surface area contributed by atoms with E-state index in [1.807, 2.05) is 109 Å². The molecule has 0 saturated heterocycles. The van der Waals surface area contributed by atoms with Gasteiger partial charge in [0.2, 0.25) is 0 Å². The van der Waals surface area contributed by atoms with E-state index in [1.54, 1.807) is 0 Å². The Morgan fingerprint density at radius 3 is 1.71 bits per heavy atom. The van der Waals surface area contributed by atoms with Crippen LogP contribution in [0.2, 0.25) is 0 Å². The van der Waals surface area contributed by atoms with E-state index < -0.39 is 0 Å². The molecule has 0 unspecified atom stereocenters. The molecule has 4 nitrogen and oxygen atoms in total. The molecule has 0 aliphatic carbocycles. The van der Waals surface area contributed by atoms with E-state index in [0.29, 0.717) is 25.4 Å². The van der Waals surface area contributed by atoms with E-state index in [2.05, 4.69) is 0 Å². The quantitative estimate of drug-likeness (QED) is 0.243. The molecule has 172 valence electrons. The summed E-state index contributed by atoms with van der Waals surface area (Å²) in [5.74, 6) is 1.20. The number of carbonyl (C=O) groups is 1. The molecule has 0 bridgehead atoms. The molecule has 0 amide bonds. The molecule has 0 atom stereocenters. The summed E-state index contributed by atoms with van der Waals surface area (Å²) in [4.78, 5) is 12.3. The van der Waals surface area contributed by atoms with Crippen LogP contribution in [-0.2, 0) is 35.8 Å². The van der Waals surface area contributed by atoms with E-state index >= 15 is 0 Å². The van der Waals surface area contributed by atoms with Crippen LogP contribution in [0, 0.1) is 0 Å². The summed E-state index contributed by atoms with van der Waals surface area (Å²) in [6, 6.07) is 35.5. The first-order chi connectivity index (χ1) is 16.8. The van der Waals surface area contributed by atoms with Gasteiger partial charge in [0, 0.05) is 12.5 Å². The highest BCUT2D eigenvalue weighted by Gasteiger charge is 2.11. The van der Waals surface area contributed by atoms with Crippen LogP contribution in [-0.4, -0.2) is 5.97 Å². The number of aryl methyl sites for hydroxylation is 1. The van der Waals surface area contributed by atoms with E-state index in [9.17, 15) is 4.79 Å². The Bertz CT molecular complexity index is 1160. The molecule has 4 aromatic carbocycles. The second-order valence-corrected chi connectivity index (χ2v) is 7.96. The summed E-state index contributed by atoms with van der Waals surface area (Å²) in [6.07, 6.45) is 0.801. The fourth-order valence-electron chi connectivity index (χ4n) is 3.49. The first-order valence-corrected chi connectivity index (χ1v) is 11.4. The maximum atomic E-state index is 12.3. The van der Waals surface area contributed by atoms with Gasteiger partial charge in [0.15, 0.2) is 0 Å². The second kappa shape index (κ2) is 12.3. The zero-order valence-electron chi connectivity index (χ0n) is 19.1. The fraction of sp³-hybridized carbons (Fsp3) is 0.167. The minimum Gasteiger partial charge on any atom is -0.489 e. The van der Waals surface area contributed by atoms with Crippen molar-refractivity contribution in [2.24, 2.45) is 0 Å². The monoisotopic (exact) mass is 452 g/mol. The van der Waals surface area contributed by atoms with Crippen LogP contribution in [0.5, 0.6) is 11.5 Å². The highest BCUT2D eigenvalue weighted by molar-refractivity contribution is 5.70. The van der Waals surface area contributed by atoms with Crippen LogP contribution in [0.1, 0.15) is 28.7 Å². The smallest absolute Gasteiger partial charge is 0.306 e. The highest BCUT2D eigenvalue weighted by Crippen LogP contribution is 2.28. The lowest BCUT2D eigenvalue weighted by Crippen LogP contribution is -2.07. The van der Waals surface area contributed by atoms with Gasteiger partial charge in [-0.05, 0) is 34.7 Å². The molecule has 0 fully saturated rings. The lowest BCUT2D eigenvalue weighted by Gasteiger charge is -2.14. The van der Waals surface area contributed by atoms with Crippen molar-refractivity contribution in [1.82, 2.24) is 0 Å². The zero-order chi connectivity index (χ0) is 23.4. The minimum absolute atomic E-state index is 0.234. The zero-order valence-corrected chi connectivity index (χ0v) is 19.1. The van der Waals surface area contributed by atoms with Crippen molar-refractivity contribution < 1.29 is 19.0 Å². The fourth-order valence-corrected chi connectivity index (χ4v) is 3.49. The van der Waals surface area contributed by atoms with Crippen LogP contribution < -0.4 is 9.47 Å². The molecule has 0 aliphatic rings. The Morgan fingerprint density at radius 2 is 1.12 bits per heavy atom. The number of ether oxygens (including phenoxy) is 3. The average molecular weight is 453 g/mol. The molecule has 0 aliphatic heterocycles. The van der Waals surface area contributed by atoms with Crippen molar-refractivity contribution in [2.45, 2.75) is 32.7 Å². The van der Waals surface area contributed by atoms with Crippen molar-refractivity contribution in [1.29, 1.82) is 0 Å².